The molecule has 0 atom stereocenters. The molecule has 1 fully saturated rings. The van der Waals surface area contributed by atoms with E-state index in [1.165, 1.54) is 0 Å². The van der Waals surface area contributed by atoms with Gasteiger partial charge in [-0.15, -0.1) is 0 Å². The van der Waals surface area contributed by atoms with Gasteiger partial charge in [-0.05, 0) is 50.5 Å². The number of H-pyrrole nitrogens is 1. The molecule has 0 unspecified atom stereocenters. The molecule has 2 aromatic rings. The largest absolute Gasteiger partial charge is 0.411 e. The number of benzene rings is 1. The van der Waals surface area contributed by atoms with Crippen LogP contribution in [-0.2, 0) is 0 Å². The third kappa shape index (κ3) is 2.18. The van der Waals surface area contributed by atoms with Crippen LogP contribution in [0, 0.1) is 13.8 Å². The van der Waals surface area contributed by atoms with Crippen molar-refractivity contribution < 1.29 is 18.0 Å². The first-order chi connectivity index (χ1) is 9.73. The van der Waals surface area contributed by atoms with Crippen LogP contribution < -0.4 is 5.32 Å². The molecule has 6 heteroatoms. The molecule has 0 radical (unpaired) electrons. The third-order valence-electron chi connectivity index (χ3n) is 4.22. The van der Waals surface area contributed by atoms with Crippen molar-refractivity contribution in [3.63, 3.8) is 0 Å². The molecule has 0 saturated heterocycles. The summed E-state index contributed by atoms with van der Waals surface area (Å²) >= 11 is 0. The third-order valence-corrected chi connectivity index (χ3v) is 4.22. The molecule has 3 nitrogen and oxygen atoms in total. The van der Waals surface area contributed by atoms with Gasteiger partial charge in [0.1, 0.15) is 5.54 Å². The fourth-order valence-corrected chi connectivity index (χ4v) is 2.50. The molecule has 1 heterocycles. The standard InChI is InChI=1S/C15H15F3N2O/c1-8-9(2)19-12-4-3-10(7-11(8)12)13(21)20-14(5-6-14)15(16,17)18/h3-4,7,19H,5-6H2,1-2H3,(H,20,21). The molecular weight excluding hydrogens is 281 g/mol. The number of hydrogen-bond acceptors (Lipinski definition) is 1. The zero-order valence-corrected chi connectivity index (χ0v) is 11.7. The van der Waals surface area contributed by atoms with Crippen LogP contribution in [0.3, 0.4) is 0 Å². The van der Waals surface area contributed by atoms with Crippen molar-refractivity contribution in [2.75, 3.05) is 0 Å². The summed E-state index contributed by atoms with van der Waals surface area (Å²) in [5.41, 5.74) is 1.08. The number of carbonyl (C=O) groups is 1. The van der Waals surface area contributed by atoms with Gasteiger partial charge in [0.15, 0.2) is 0 Å². The number of halogens is 3. The molecule has 1 aliphatic carbocycles. The van der Waals surface area contributed by atoms with Crippen molar-refractivity contribution in [1.82, 2.24) is 10.3 Å². The van der Waals surface area contributed by atoms with Gasteiger partial charge in [0.25, 0.3) is 5.91 Å². The highest BCUT2D eigenvalue weighted by atomic mass is 19.4. The maximum atomic E-state index is 12.9. The van der Waals surface area contributed by atoms with E-state index in [1.807, 2.05) is 13.8 Å². The van der Waals surface area contributed by atoms with Crippen LogP contribution in [0.4, 0.5) is 13.2 Å². The molecule has 112 valence electrons. The normalized spacial score (nSPS) is 17.0. The highest BCUT2D eigenvalue weighted by molar-refractivity contribution is 5.99. The van der Waals surface area contributed by atoms with Crippen molar-refractivity contribution in [2.45, 2.75) is 38.4 Å². The second kappa shape index (κ2) is 4.26. The first kappa shape index (κ1) is 14.0. The number of fused-ring (bicyclic) bond motifs is 1. The molecular formula is C15H15F3N2O. The van der Waals surface area contributed by atoms with E-state index in [9.17, 15) is 18.0 Å². The smallest absolute Gasteiger partial charge is 0.358 e. The number of hydrogen-bond donors (Lipinski definition) is 2. The van der Waals surface area contributed by atoms with Crippen molar-refractivity contribution >= 4 is 16.8 Å². The van der Waals surface area contributed by atoms with Crippen LogP contribution in [0.5, 0.6) is 0 Å². The van der Waals surface area contributed by atoms with Crippen molar-refractivity contribution in [3.05, 3.63) is 35.0 Å². The van der Waals surface area contributed by atoms with Crippen molar-refractivity contribution in [1.29, 1.82) is 0 Å². The molecule has 1 aliphatic rings. The van der Waals surface area contributed by atoms with Crippen molar-refractivity contribution in [2.24, 2.45) is 0 Å². The van der Waals surface area contributed by atoms with Crippen LogP contribution in [0.2, 0.25) is 0 Å². The topological polar surface area (TPSA) is 44.9 Å². The maximum Gasteiger partial charge on any atom is 0.411 e. The van der Waals surface area contributed by atoms with Crippen molar-refractivity contribution in [3.8, 4) is 0 Å². The van der Waals surface area contributed by atoms with E-state index in [-0.39, 0.29) is 18.4 Å². The van der Waals surface area contributed by atoms with E-state index in [1.54, 1.807) is 18.2 Å². The highest BCUT2D eigenvalue weighted by Gasteiger charge is 2.64. The number of amides is 1. The molecule has 3 rings (SSSR count). The quantitative estimate of drug-likeness (QED) is 0.873. The van der Waals surface area contributed by atoms with E-state index < -0.39 is 17.6 Å². The summed E-state index contributed by atoms with van der Waals surface area (Å²) in [7, 11) is 0. The Morgan fingerprint density at radius 2 is 1.95 bits per heavy atom. The zero-order chi connectivity index (χ0) is 15.4. The molecule has 1 aromatic heterocycles. The average Bonchev–Trinajstić information content (AvgIpc) is 3.13. The predicted octanol–water partition coefficient (Wildman–Crippen LogP) is 3.61. The average molecular weight is 296 g/mol. The van der Waals surface area contributed by atoms with Gasteiger partial charge in [0, 0.05) is 22.2 Å². The van der Waals surface area contributed by atoms with Gasteiger partial charge in [0.05, 0.1) is 0 Å². The van der Waals surface area contributed by atoms with Crippen LogP contribution in [0.15, 0.2) is 18.2 Å². The number of aromatic amines is 1. The minimum absolute atomic E-state index is 0.0488. The van der Waals surface area contributed by atoms with E-state index in [0.29, 0.717) is 0 Å². The summed E-state index contributed by atoms with van der Waals surface area (Å²) in [5, 5.41) is 3.00. The summed E-state index contributed by atoms with van der Waals surface area (Å²) in [6.45, 7) is 3.83. The molecule has 1 saturated carbocycles. The summed E-state index contributed by atoms with van der Waals surface area (Å²) < 4.78 is 38.6. The van der Waals surface area contributed by atoms with Crippen LogP contribution in [0.25, 0.3) is 10.9 Å². The summed E-state index contributed by atoms with van der Waals surface area (Å²) in [5.74, 6) is -0.676. The summed E-state index contributed by atoms with van der Waals surface area (Å²) in [4.78, 5) is 15.3. The Morgan fingerprint density at radius 1 is 1.29 bits per heavy atom. The minimum atomic E-state index is -4.40. The van der Waals surface area contributed by atoms with E-state index in [0.717, 1.165) is 22.2 Å². The lowest BCUT2D eigenvalue weighted by Gasteiger charge is -2.20. The molecule has 0 aliphatic heterocycles. The number of nitrogens with one attached hydrogen (secondary N) is 2. The van der Waals surface area contributed by atoms with Gasteiger partial charge < -0.3 is 10.3 Å². The Morgan fingerprint density at radius 3 is 2.52 bits per heavy atom. The molecule has 0 bridgehead atoms. The fraction of sp³-hybridized carbons (Fsp3) is 0.400. The summed E-state index contributed by atoms with van der Waals surface area (Å²) in [6, 6.07) is 4.90. The highest BCUT2D eigenvalue weighted by Crippen LogP contribution is 2.49. The Kier molecular flexibility index (Phi) is 2.83. The first-order valence-corrected chi connectivity index (χ1v) is 6.72. The lowest BCUT2D eigenvalue weighted by molar-refractivity contribution is -0.163. The Hall–Kier alpha value is -1.98. The lowest BCUT2D eigenvalue weighted by Crippen LogP contribution is -2.47. The molecule has 1 aromatic carbocycles. The Bertz CT molecular complexity index is 726. The van der Waals surface area contributed by atoms with Gasteiger partial charge in [-0.1, -0.05) is 0 Å². The number of alkyl halides is 3. The van der Waals surface area contributed by atoms with E-state index in [2.05, 4.69) is 10.3 Å². The second-order valence-electron chi connectivity index (χ2n) is 5.67. The van der Waals surface area contributed by atoms with Gasteiger partial charge >= 0.3 is 6.18 Å². The minimum Gasteiger partial charge on any atom is -0.358 e. The molecule has 0 spiro atoms. The Labute approximate surface area is 119 Å². The van der Waals surface area contributed by atoms with Crippen LogP contribution in [-0.4, -0.2) is 22.6 Å². The Balaban J connectivity index is 1.90. The molecule has 21 heavy (non-hydrogen) atoms. The van der Waals surface area contributed by atoms with Gasteiger partial charge in [-0.2, -0.15) is 13.2 Å². The number of aryl methyl sites for hydroxylation is 2. The molecule has 1 amide bonds. The van der Waals surface area contributed by atoms with Gasteiger partial charge in [-0.25, -0.2) is 0 Å². The summed E-state index contributed by atoms with van der Waals surface area (Å²) in [6.07, 6.45) is -4.49. The van der Waals surface area contributed by atoms with E-state index >= 15 is 0 Å². The number of carbonyl (C=O) groups excluding carboxylic acids is 1. The zero-order valence-electron chi connectivity index (χ0n) is 11.7. The lowest BCUT2D eigenvalue weighted by atomic mass is 10.1. The van der Waals surface area contributed by atoms with E-state index in [4.69, 9.17) is 0 Å². The second-order valence-corrected chi connectivity index (χ2v) is 5.67. The van der Waals surface area contributed by atoms with Crippen LogP contribution >= 0.6 is 0 Å². The van der Waals surface area contributed by atoms with Crippen LogP contribution in [0.1, 0.15) is 34.5 Å². The monoisotopic (exact) mass is 296 g/mol. The fourth-order valence-electron chi connectivity index (χ4n) is 2.50. The maximum absolute atomic E-state index is 12.9. The molecule has 2 N–H and O–H groups in total. The SMILES string of the molecule is Cc1[nH]c2ccc(C(=O)NC3(C(F)(F)F)CC3)cc2c1C. The van der Waals surface area contributed by atoms with Gasteiger partial charge in [-0.3, -0.25) is 4.79 Å². The van der Waals surface area contributed by atoms with Gasteiger partial charge in [0.2, 0.25) is 0 Å². The number of rotatable bonds is 2. The number of aromatic nitrogens is 1. The first-order valence-electron chi connectivity index (χ1n) is 6.72. The predicted molar refractivity (Wildman–Crippen MR) is 73.3 cm³/mol.